The molecular formula is C13H20N2O3. The summed E-state index contributed by atoms with van der Waals surface area (Å²) < 4.78 is 5.31. The molecule has 0 aliphatic heterocycles. The van der Waals surface area contributed by atoms with Crippen molar-refractivity contribution in [2.45, 2.75) is 19.8 Å². The fraction of sp³-hybridized carbons (Fsp3) is 0.462. The number of benzene rings is 1. The molecule has 1 rings (SSSR count). The fourth-order valence-electron chi connectivity index (χ4n) is 1.43. The van der Waals surface area contributed by atoms with Crippen LogP contribution in [-0.2, 0) is 4.74 Å². The molecule has 0 fully saturated rings. The number of phenols is 1. The number of nitrogens with one attached hydrogen (secondary N) is 1. The molecule has 18 heavy (non-hydrogen) atoms. The van der Waals surface area contributed by atoms with Crippen molar-refractivity contribution in [3.8, 4) is 5.75 Å². The Hall–Kier alpha value is -1.75. The van der Waals surface area contributed by atoms with Gasteiger partial charge < -0.3 is 20.9 Å². The van der Waals surface area contributed by atoms with Gasteiger partial charge in [0.25, 0.3) is 5.91 Å². The number of rotatable bonds is 7. The molecule has 0 heterocycles. The van der Waals surface area contributed by atoms with Gasteiger partial charge in [-0.2, -0.15) is 0 Å². The number of amides is 1. The van der Waals surface area contributed by atoms with Gasteiger partial charge in [0.15, 0.2) is 5.75 Å². The van der Waals surface area contributed by atoms with E-state index in [1.165, 1.54) is 6.07 Å². The fourth-order valence-corrected chi connectivity index (χ4v) is 1.43. The van der Waals surface area contributed by atoms with E-state index in [0.29, 0.717) is 19.8 Å². The number of unbranched alkanes of at least 4 members (excludes halogenated alkanes) is 1. The number of para-hydroxylation sites is 1. The summed E-state index contributed by atoms with van der Waals surface area (Å²) in [5.41, 5.74) is 5.89. The standard InChI is InChI=1S/C13H20N2O3/c1-2-3-8-18-9-7-15-13(17)10-5-4-6-11(14)12(10)16/h4-6,16H,2-3,7-9,14H2,1H3,(H,15,17). The molecule has 100 valence electrons. The predicted octanol–water partition coefficient (Wildman–Crippen LogP) is 1.52. The van der Waals surface area contributed by atoms with Crippen molar-refractivity contribution in [2.24, 2.45) is 0 Å². The highest BCUT2D eigenvalue weighted by Crippen LogP contribution is 2.23. The summed E-state index contributed by atoms with van der Waals surface area (Å²) in [6.07, 6.45) is 2.10. The summed E-state index contributed by atoms with van der Waals surface area (Å²) in [4.78, 5) is 11.7. The van der Waals surface area contributed by atoms with Gasteiger partial charge in [0, 0.05) is 13.2 Å². The molecular weight excluding hydrogens is 232 g/mol. The maximum Gasteiger partial charge on any atom is 0.255 e. The minimum absolute atomic E-state index is 0.179. The first-order valence-electron chi connectivity index (χ1n) is 6.10. The van der Waals surface area contributed by atoms with Crippen LogP contribution >= 0.6 is 0 Å². The van der Waals surface area contributed by atoms with Crippen LogP contribution in [0.25, 0.3) is 0 Å². The highest BCUT2D eigenvalue weighted by atomic mass is 16.5. The maximum atomic E-state index is 11.7. The molecule has 0 radical (unpaired) electrons. The van der Waals surface area contributed by atoms with Crippen molar-refractivity contribution < 1.29 is 14.6 Å². The van der Waals surface area contributed by atoms with Crippen molar-refractivity contribution in [1.82, 2.24) is 5.32 Å². The molecule has 0 aliphatic carbocycles. The van der Waals surface area contributed by atoms with Gasteiger partial charge in [-0.1, -0.05) is 19.4 Å². The molecule has 0 bridgehead atoms. The van der Waals surface area contributed by atoms with Crippen molar-refractivity contribution in [3.63, 3.8) is 0 Å². The summed E-state index contributed by atoms with van der Waals surface area (Å²) >= 11 is 0. The Balaban J connectivity index is 2.35. The zero-order valence-electron chi connectivity index (χ0n) is 10.6. The van der Waals surface area contributed by atoms with Crippen LogP contribution in [0.1, 0.15) is 30.1 Å². The van der Waals surface area contributed by atoms with Crippen LogP contribution in [0.5, 0.6) is 5.75 Å². The minimum atomic E-state index is -0.348. The zero-order valence-corrected chi connectivity index (χ0v) is 10.6. The molecule has 1 aromatic rings. The molecule has 5 heteroatoms. The molecule has 0 saturated carbocycles. The SMILES string of the molecule is CCCCOCCNC(=O)c1cccc(N)c1O. The Labute approximate surface area is 107 Å². The predicted molar refractivity (Wildman–Crippen MR) is 70.6 cm³/mol. The smallest absolute Gasteiger partial charge is 0.255 e. The van der Waals surface area contributed by atoms with E-state index >= 15 is 0 Å². The molecule has 0 aromatic heterocycles. The lowest BCUT2D eigenvalue weighted by Crippen LogP contribution is -2.27. The number of aromatic hydroxyl groups is 1. The van der Waals surface area contributed by atoms with Gasteiger partial charge in [-0.25, -0.2) is 0 Å². The average molecular weight is 252 g/mol. The Morgan fingerprint density at radius 1 is 1.44 bits per heavy atom. The molecule has 1 aromatic carbocycles. The summed E-state index contributed by atoms with van der Waals surface area (Å²) in [5, 5.41) is 12.3. The van der Waals surface area contributed by atoms with Gasteiger partial charge in [-0.3, -0.25) is 4.79 Å². The first-order chi connectivity index (χ1) is 8.66. The lowest BCUT2D eigenvalue weighted by atomic mass is 10.1. The van der Waals surface area contributed by atoms with Crippen LogP contribution in [0.2, 0.25) is 0 Å². The van der Waals surface area contributed by atoms with E-state index in [4.69, 9.17) is 10.5 Å². The monoisotopic (exact) mass is 252 g/mol. The second kappa shape index (κ2) is 7.55. The third kappa shape index (κ3) is 4.25. The highest BCUT2D eigenvalue weighted by molar-refractivity contribution is 5.98. The molecule has 0 unspecified atom stereocenters. The van der Waals surface area contributed by atoms with E-state index in [9.17, 15) is 9.90 Å². The lowest BCUT2D eigenvalue weighted by molar-refractivity contribution is 0.0910. The van der Waals surface area contributed by atoms with Gasteiger partial charge >= 0.3 is 0 Å². The summed E-state index contributed by atoms with van der Waals surface area (Å²) in [6.45, 7) is 3.68. The minimum Gasteiger partial charge on any atom is -0.505 e. The first kappa shape index (κ1) is 14.3. The van der Waals surface area contributed by atoms with Crippen LogP contribution in [0.3, 0.4) is 0 Å². The normalized spacial score (nSPS) is 10.3. The third-order valence-corrected chi connectivity index (χ3v) is 2.49. The summed E-state index contributed by atoms with van der Waals surface area (Å²) in [7, 11) is 0. The van der Waals surface area contributed by atoms with E-state index in [1.54, 1.807) is 12.1 Å². The number of anilines is 1. The summed E-state index contributed by atoms with van der Waals surface area (Å²) in [5.74, 6) is -0.527. The van der Waals surface area contributed by atoms with E-state index in [-0.39, 0.29) is 22.9 Å². The molecule has 0 spiro atoms. The number of phenolic OH excluding ortho intramolecular Hbond substituents is 1. The van der Waals surface area contributed by atoms with Gasteiger partial charge in [-0.15, -0.1) is 0 Å². The largest absolute Gasteiger partial charge is 0.505 e. The van der Waals surface area contributed by atoms with Crippen LogP contribution in [0.15, 0.2) is 18.2 Å². The van der Waals surface area contributed by atoms with Crippen molar-refractivity contribution in [1.29, 1.82) is 0 Å². The van der Waals surface area contributed by atoms with Crippen LogP contribution < -0.4 is 11.1 Å². The molecule has 0 atom stereocenters. The Bertz CT molecular complexity index is 394. The van der Waals surface area contributed by atoms with Gasteiger partial charge in [0.2, 0.25) is 0 Å². The number of ether oxygens (including phenoxy) is 1. The second-order valence-corrected chi connectivity index (χ2v) is 3.97. The Morgan fingerprint density at radius 3 is 2.94 bits per heavy atom. The lowest BCUT2D eigenvalue weighted by Gasteiger charge is -2.08. The number of carbonyl (C=O) groups is 1. The Kier molecular flexibility index (Phi) is 6.00. The number of nitrogen functional groups attached to an aromatic ring is 1. The van der Waals surface area contributed by atoms with E-state index < -0.39 is 0 Å². The number of nitrogens with two attached hydrogens (primary N) is 1. The highest BCUT2D eigenvalue weighted by Gasteiger charge is 2.11. The third-order valence-electron chi connectivity index (χ3n) is 2.49. The van der Waals surface area contributed by atoms with Crippen LogP contribution in [0.4, 0.5) is 5.69 Å². The summed E-state index contributed by atoms with van der Waals surface area (Å²) in [6, 6.07) is 4.70. The van der Waals surface area contributed by atoms with Crippen molar-refractivity contribution in [2.75, 3.05) is 25.5 Å². The molecule has 1 amide bonds. The molecule has 5 nitrogen and oxygen atoms in total. The van der Waals surface area contributed by atoms with Gasteiger partial charge in [-0.05, 0) is 18.6 Å². The zero-order chi connectivity index (χ0) is 13.4. The maximum absolute atomic E-state index is 11.7. The molecule has 0 saturated heterocycles. The second-order valence-electron chi connectivity index (χ2n) is 3.97. The van der Waals surface area contributed by atoms with Crippen molar-refractivity contribution in [3.05, 3.63) is 23.8 Å². The van der Waals surface area contributed by atoms with Crippen molar-refractivity contribution >= 4 is 11.6 Å². The topological polar surface area (TPSA) is 84.6 Å². The van der Waals surface area contributed by atoms with E-state index in [1.807, 2.05) is 0 Å². The van der Waals surface area contributed by atoms with E-state index in [0.717, 1.165) is 12.8 Å². The van der Waals surface area contributed by atoms with Crippen LogP contribution in [0, 0.1) is 0 Å². The number of hydrogen-bond donors (Lipinski definition) is 3. The molecule has 0 aliphatic rings. The quantitative estimate of drug-likeness (QED) is 0.390. The number of carbonyl (C=O) groups excluding carboxylic acids is 1. The number of hydrogen-bond acceptors (Lipinski definition) is 4. The average Bonchev–Trinajstić information content (AvgIpc) is 2.36. The Morgan fingerprint density at radius 2 is 2.22 bits per heavy atom. The van der Waals surface area contributed by atoms with Gasteiger partial charge in [0.1, 0.15) is 0 Å². The molecule has 4 N–H and O–H groups in total. The van der Waals surface area contributed by atoms with E-state index in [2.05, 4.69) is 12.2 Å². The first-order valence-corrected chi connectivity index (χ1v) is 6.10. The van der Waals surface area contributed by atoms with Crippen LogP contribution in [-0.4, -0.2) is 30.8 Å². The van der Waals surface area contributed by atoms with Gasteiger partial charge in [0.05, 0.1) is 17.9 Å².